The van der Waals surface area contributed by atoms with Gasteiger partial charge in [0.25, 0.3) is 0 Å². The van der Waals surface area contributed by atoms with E-state index in [9.17, 15) is 4.79 Å². The molecule has 0 aliphatic heterocycles. The summed E-state index contributed by atoms with van der Waals surface area (Å²) in [6, 6.07) is 0. The first-order valence-corrected chi connectivity index (χ1v) is 5.84. The van der Waals surface area contributed by atoms with Gasteiger partial charge >= 0.3 is 0 Å². The van der Waals surface area contributed by atoms with Crippen molar-refractivity contribution in [3.63, 3.8) is 0 Å². The Morgan fingerprint density at radius 3 is 3.00 bits per heavy atom. The second-order valence-electron chi connectivity index (χ2n) is 3.99. The summed E-state index contributed by atoms with van der Waals surface area (Å²) in [6.45, 7) is 5.39. The fraction of sp³-hybridized carbons (Fsp3) is 0.727. The molecule has 0 radical (unpaired) electrons. The predicted molar refractivity (Wildman–Crippen MR) is 61.7 cm³/mol. The Morgan fingerprint density at radius 2 is 2.38 bits per heavy atom. The summed E-state index contributed by atoms with van der Waals surface area (Å²) in [6.07, 6.45) is 6.35. The third-order valence-corrected chi connectivity index (χ3v) is 2.54. The van der Waals surface area contributed by atoms with Crippen LogP contribution in [0, 0.1) is 5.92 Å². The maximum atomic E-state index is 11.6. The van der Waals surface area contributed by atoms with E-state index in [-0.39, 0.29) is 11.8 Å². The first-order valence-electron chi connectivity index (χ1n) is 5.84. The van der Waals surface area contributed by atoms with Crippen LogP contribution in [-0.4, -0.2) is 27.2 Å². The Morgan fingerprint density at radius 1 is 1.56 bits per heavy atom. The van der Waals surface area contributed by atoms with Crippen molar-refractivity contribution in [2.75, 3.05) is 6.54 Å². The molecule has 0 fully saturated rings. The van der Waals surface area contributed by atoms with E-state index < -0.39 is 0 Å². The van der Waals surface area contributed by atoms with Crippen LogP contribution in [0.2, 0.25) is 0 Å². The molecule has 0 aliphatic carbocycles. The predicted octanol–water partition coefficient (Wildman–Crippen LogP) is 1.22. The Hall–Kier alpha value is -1.39. The first kappa shape index (κ1) is 12.7. The Bertz CT molecular complexity index is 297. The van der Waals surface area contributed by atoms with Gasteiger partial charge in [0.15, 0.2) is 0 Å². The summed E-state index contributed by atoms with van der Waals surface area (Å²) < 4.78 is 1.71. The van der Waals surface area contributed by atoms with Crippen molar-refractivity contribution in [3.05, 3.63) is 12.7 Å². The lowest BCUT2D eigenvalue weighted by Crippen LogP contribution is -2.31. The van der Waals surface area contributed by atoms with Gasteiger partial charge in [0, 0.05) is 12.5 Å². The zero-order valence-corrected chi connectivity index (χ0v) is 10.0. The molecule has 0 aromatic carbocycles. The molecule has 1 unspecified atom stereocenters. The van der Waals surface area contributed by atoms with Crippen molar-refractivity contribution in [2.24, 2.45) is 5.92 Å². The number of carbonyl (C=O) groups is 1. The van der Waals surface area contributed by atoms with E-state index in [4.69, 9.17) is 0 Å². The van der Waals surface area contributed by atoms with E-state index >= 15 is 0 Å². The maximum Gasteiger partial charge on any atom is 0.222 e. The molecule has 1 rings (SSSR count). The summed E-state index contributed by atoms with van der Waals surface area (Å²) in [7, 11) is 0. The van der Waals surface area contributed by atoms with Crippen LogP contribution in [0.3, 0.4) is 0 Å². The molecule has 0 aliphatic rings. The molecule has 5 heteroatoms. The van der Waals surface area contributed by atoms with Crippen molar-refractivity contribution >= 4 is 5.91 Å². The van der Waals surface area contributed by atoms with Gasteiger partial charge in [0.2, 0.25) is 5.91 Å². The lowest BCUT2D eigenvalue weighted by Gasteiger charge is -2.11. The van der Waals surface area contributed by atoms with Crippen molar-refractivity contribution in [3.8, 4) is 0 Å². The Labute approximate surface area is 96.3 Å². The summed E-state index contributed by atoms with van der Waals surface area (Å²) in [5.74, 6) is 0.240. The van der Waals surface area contributed by atoms with Gasteiger partial charge in [-0.25, -0.2) is 4.98 Å². The molecular weight excluding hydrogens is 204 g/mol. The number of nitrogens with one attached hydrogen (secondary N) is 1. The smallest absolute Gasteiger partial charge is 0.222 e. The number of nitrogens with zero attached hydrogens (tertiary/aromatic N) is 3. The molecule has 1 aromatic heterocycles. The topological polar surface area (TPSA) is 59.8 Å². The maximum absolute atomic E-state index is 11.6. The highest BCUT2D eigenvalue weighted by Gasteiger charge is 2.10. The number of unbranched alkanes of at least 4 members (excludes halogenated alkanes) is 1. The number of hydrogen-bond acceptors (Lipinski definition) is 3. The van der Waals surface area contributed by atoms with E-state index in [1.807, 2.05) is 6.92 Å². The van der Waals surface area contributed by atoms with Gasteiger partial charge in [-0.2, -0.15) is 5.10 Å². The normalized spacial score (nSPS) is 12.4. The van der Waals surface area contributed by atoms with Crippen molar-refractivity contribution in [2.45, 2.75) is 39.7 Å². The highest BCUT2D eigenvalue weighted by atomic mass is 16.1. The molecule has 0 bridgehead atoms. The quantitative estimate of drug-likeness (QED) is 0.757. The number of aromatic nitrogens is 3. The molecular formula is C11H20N4O. The summed E-state index contributed by atoms with van der Waals surface area (Å²) in [5.41, 5.74) is 0. The van der Waals surface area contributed by atoms with Crippen LogP contribution < -0.4 is 5.32 Å². The molecule has 1 atom stereocenters. The second-order valence-corrected chi connectivity index (χ2v) is 3.99. The molecule has 16 heavy (non-hydrogen) atoms. The second kappa shape index (κ2) is 6.98. The van der Waals surface area contributed by atoms with Crippen LogP contribution in [0.15, 0.2) is 12.7 Å². The zero-order valence-electron chi connectivity index (χ0n) is 10.0. The Balaban J connectivity index is 2.14. The summed E-state index contributed by atoms with van der Waals surface area (Å²) in [5, 5.41) is 6.86. The van der Waals surface area contributed by atoms with Gasteiger partial charge in [0.1, 0.15) is 12.7 Å². The van der Waals surface area contributed by atoms with E-state index in [1.54, 1.807) is 11.0 Å². The minimum atomic E-state index is 0.107. The van der Waals surface area contributed by atoms with Crippen molar-refractivity contribution < 1.29 is 4.79 Å². The molecule has 1 amide bonds. The van der Waals surface area contributed by atoms with Gasteiger partial charge < -0.3 is 5.32 Å². The molecule has 90 valence electrons. The van der Waals surface area contributed by atoms with Crippen LogP contribution >= 0.6 is 0 Å². The van der Waals surface area contributed by atoms with Gasteiger partial charge in [-0.05, 0) is 6.42 Å². The first-order chi connectivity index (χ1) is 7.74. The number of rotatable bonds is 7. The Kier molecular flexibility index (Phi) is 5.53. The molecule has 1 aromatic rings. The van der Waals surface area contributed by atoms with Gasteiger partial charge in [-0.15, -0.1) is 0 Å². The lowest BCUT2D eigenvalue weighted by atomic mass is 10.0. The highest BCUT2D eigenvalue weighted by Crippen LogP contribution is 2.06. The lowest BCUT2D eigenvalue weighted by molar-refractivity contribution is -0.124. The standard InChI is InChI=1S/C11H20N4O/c1-3-4-5-10(2)11(16)13-6-7-15-9-12-8-14-15/h8-10H,3-7H2,1-2H3,(H,13,16). The van der Waals surface area contributed by atoms with E-state index in [0.29, 0.717) is 13.1 Å². The largest absolute Gasteiger partial charge is 0.354 e. The average Bonchev–Trinajstić information content (AvgIpc) is 2.78. The molecule has 1 N–H and O–H groups in total. The highest BCUT2D eigenvalue weighted by molar-refractivity contribution is 5.78. The van der Waals surface area contributed by atoms with Crippen LogP contribution in [0.1, 0.15) is 33.1 Å². The van der Waals surface area contributed by atoms with Crippen molar-refractivity contribution in [1.29, 1.82) is 0 Å². The molecule has 0 spiro atoms. The van der Waals surface area contributed by atoms with E-state index in [2.05, 4.69) is 22.3 Å². The minimum Gasteiger partial charge on any atom is -0.354 e. The summed E-state index contributed by atoms with van der Waals surface area (Å²) in [4.78, 5) is 15.5. The van der Waals surface area contributed by atoms with Crippen LogP contribution in [0.25, 0.3) is 0 Å². The van der Waals surface area contributed by atoms with Gasteiger partial charge in [0.05, 0.1) is 6.54 Å². The van der Waals surface area contributed by atoms with E-state index in [0.717, 1.165) is 19.3 Å². The molecule has 0 saturated heterocycles. The molecule has 1 heterocycles. The van der Waals surface area contributed by atoms with E-state index in [1.165, 1.54) is 6.33 Å². The zero-order chi connectivity index (χ0) is 11.8. The van der Waals surface area contributed by atoms with Crippen LogP contribution in [0.5, 0.6) is 0 Å². The number of hydrogen-bond donors (Lipinski definition) is 1. The third-order valence-electron chi connectivity index (χ3n) is 2.54. The fourth-order valence-electron chi connectivity index (χ4n) is 1.46. The van der Waals surface area contributed by atoms with Gasteiger partial charge in [-0.3, -0.25) is 9.48 Å². The summed E-state index contributed by atoms with van der Waals surface area (Å²) >= 11 is 0. The van der Waals surface area contributed by atoms with Crippen molar-refractivity contribution in [1.82, 2.24) is 20.1 Å². The van der Waals surface area contributed by atoms with Gasteiger partial charge in [-0.1, -0.05) is 26.7 Å². The molecule has 5 nitrogen and oxygen atoms in total. The monoisotopic (exact) mass is 224 g/mol. The third kappa shape index (κ3) is 4.42. The fourth-order valence-corrected chi connectivity index (χ4v) is 1.46. The average molecular weight is 224 g/mol. The number of carbonyl (C=O) groups excluding carboxylic acids is 1. The van der Waals surface area contributed by atoms with Crippen LogP contribution in [-0.2, 0) is 11.3 Å². The van der Waals surface area contributed by atoms with Crippen LogP contribution in [0.4, 0.5) is 0 Å². The number of amides is 1. The minimum absolute atomic E-state index is 0.107. The SMILES string of the molecule is CCCCC(C)C(=O)NCCn1cncn1. The molecule has 0 saturated carbocycles.